The van der Waals surface area contributed by atoms with Gasteiger partial charge in [-0.15, -0.1) is 0 Å². The lowest BCUT2D eigenvalue weighted by atomic mass is 9.94. The quantitative estimate of drug-likeness (QED) is 0.887. The Kier molecular flexibility index (Phi) is 5.44. The minimum absolute atomic E-state index is 0.0494. The Morgan fingerprint density at radius 3 is 2.12 bits per heavy atom. The van der Waals surface area contributed by atoms with Gasteiger partial charge in [0.15, 0.2) is 0 Å². The van der Waals surface area contributed by atoms with Crippen LogP contribution >= 0.6 is 0 Å². The summed E-state index contributed by atoms with van der Waals surface area (Å²) in [5, 5.41) is 3.14. The fourth-order valence-corrected chi connectivity index (χ4v) is 4.30. The summed E-state index contributed by atoms with van der Waals surface area (Å²) in [5.41, 5.74) is 4.49. The third kappa shape index (κ3) is 3.92. The second-order valence-electron chi connectivity index (χ2n) is 7.52. The first kappa shape index (κ1) is 17.3. The van der Waals surface area contributed by atoms with Crippen molar-refractivity contribution in [1.29, 1.82) is 0 Å². The van der Waals surface area contributed by atoms with Crippen molar-refractivity contribution in [3.05, 3.63) is 28.8 Å². The number of hydrogen-bond acceptors (Lipinski definition) is 2. The molecule has 2 fully saturated rings. The molecule has 0 radical (unpaired) electrons. The minimum atomic E-state index is 0.0494. The van der Waals surface area contributed by atoms with Crippen LogP contribution < -0.4 is 5.32 Å². The highest BCUT2D eigenvalue weighted by Gasteiger charge is 2.27. The fourth-order valence-electron chi connectivity index (χ4n) is 4.30. The Morgan fingerprint density at radius 1 is 0.958 bits per heavy atom. The molecular formula is C20H31N3O. The monoisotopic (exact) mass is 329 g/mol. The molecule has 1 aromatic rings. The van der Waals surface area contributed by atoms with E-state index in [-0.39, 0.29) is 6.03 Å². The highest BCUT2D eigenvalue weighted by molar-refractivity contribution is 5.91. The average Bonchev–Trinajstić information content (AvgIpc) is 2.59. The SMILES string of the molecule is Cc1cc(C)c(NC(=O)N2CCN(C3CCCCC3)CC2)c(C)c1. The van der Waals surface area contributed by atoms with Gasteiger partial charge in [-0.1, -0.05) is 37.0 Å². The molecule has 0 spiro atoms. The van der Waals surface area contributed by atoms with E-state index in [0.29, 0.717) is 0 Å². The topological polar surface area (TPSA) is 35.6 Å². The lowest BCUT2D eigenvalue weighted by Gasteiger charge is -2.40. The molecule has 0 atom stereocenters. The average molecular weight is 329 g/mol. The number of carbonyl (C=O) groups is 1. The van der Waals surface area contributed by atoms with Crippen LogP contribution in [0.25, 0.3) is 0 Å². The highest BCUT2D eigenvalue weighted by atomic mass is 16.2. The van der Waals surface area contributed by atoms with E-state index >= 15 is 0 Å². The van der Waals surface area contributed by atoms with Gasteiger partial charge in [0, 0.05) is 37.9 Å². The largest absolute Gasteiger partial charge is 0.322 e. The molecule has 2 amide bonds. The maximum absolute atomic E-state index is 12.6. The summed E-state index contributed by atoms with van der Waals surface area (Å²) < 4.78 is 0. The van der Waals surface area contributed by atoms with Gasteiger partial charge >= 0.3 is 6.03 Å². The van der Waals surface area contributed by atoms with Gasteiger partial charge in [0.05, 0.1) is 0 Å². The Labute approximate surface area is 146 Å². The number of amides is 2. The van der Waals surface area contributed by atoms with Gasteiger partial charge in [0.1, 0.15) is 0 Å². The Bertz CT molecular complexity index is 562. The van der Waals surface area contributed by atoms with Crippen molar-refractivity contribution >= 4 is 11.7 Å². The number of hydrogen-bond donors (Lipinski definition) is 1. The van der Waals surface area contributed by atoms with Gasteiger partial charge in [0.25, 0.3) is 0 Å². The van der Waals surface area contributed by atoms with Crippen molar-refractivity contribution in [1.82, 2.24) is 9.80 Å². The summed E-state index contributed by atoms with van der Waals surface area (Å²) >= 11 is 0. The van der Waals surface area contributed by atoms with E-state index in [4.69, 9.17) is 0 Å². The Balaban J connectivity index is 1.56. The zero-order chi connectivity index (χ0) is 17.1. The third-order valence-corrected chi connectivity index (χ3v) is 5.60. The standard InChI is InChI=1S/C20H31N3O/c1-15-13-16(2)19(17(3)14-15)21-20(24)23-11-9-22(10-12-23)18-7-5-4-6-8-18/h13-14,18H,4-12H2,1-3H3,(H,21,24). The highest BCUT2D eigenvalue weighted by Crippen LogP contribution is 2.25. The van der Waals surface area contributed by atoms with E-state index in [1.54, 1.807) is 0 Å². The molecule has 0 bridgehead atoms. The first-order valence-corrected chi connectivity index (χ1v) is 9.42. The molecule has 24 heavy (non-hydrogen) atoms. The number of benzene rings is 1. The summed E-state index contributed by atoms with van der Waals surface area (Å²) in [6.07, 6.45) is 6.82. The lowest BCUT2D eigenvalue weighted by molar-refractivity contribution is 0.0943. The van der Waals surface area contributed by atoms with Crippen LogP contribution in [0.1, 0.15) is 48.8 Å². The van der Waals surface area contributed by atoms with E-state index in [0.717, 1.165) is 49.0 Å². The van der Waals surface area contributed by atoms with Gasteiger partial charge in [-0.2, -0.15) is 0 Å². The van der Waals surface area contributed by atoms with E-state index in [1.165, 1.54) is 37.7 Å². The van der Waals surface area contributed by atoms with Gasteiger partial charge in [-0.3, -0.25) is 4.90 Å². The summed E-state index contributed by atoms with van der Waals surface area (Å²) in [7, 11) is 0. The molecule has 4 heteroatoms. The van der Waals surface area contributed by atoms with E-state index in [9.17, 15) is 4.79 Å². The molecule has 1 heterocycles. The summed E-state index contributed by atoms with van der Waals surface area (Å²) in [4.78, 5) is 17.2. The molecule has 2 aliphatic rings. The van der Waals surface area contributed by atoms with Crippen LogP contribution in [0.3, 0.4) is 0 Å². The molecule has 1 aliphatic heterocycles. The molecule has 0 aromatic heterocycles. The molecule has 3 rings (SSSR count). The van der Waals surface area contributed by atoms with Crippen LogP contribution in [0.15, 0.2) is 12.1 Å². The number of rotatable bonds is 2. The Morgan fingerprint density at radius 2 is 1.54 bits per heavy atom. The molecule has 1 saturated carbocycles. The molecule has 0 unspecified atom stereocenters. The second kappa shape index (κ2) is 7.56. The summed E-state index contributed by atoms with van der Waals surface area (Å²) in [6.45, 7) is 9.94. The molecule has 1 aromatic carbocycles. The lowest BCUT2D eigenvalue weighted by Crippen LogP contribution is -2.53. The number of nitrogens with zero attached hydrogens (tertiary/aromatic N) is 2. The smallest absolute Gasteiger partial charge is 0.321 e. The van der Waals surface area contributed by atoms with Gasteiger partial charge < -0.3 is 10.2 Å². The second-order valence-corrected chi connectivity index (χ2v) is 7.52. The number of piperazine rings is 1. The zero-order valence-electron chi connectivity index (χ0n) is 15.4. The Hall–Kier alpha value is -1.55. The van der Waals surface area contributed by atoms with Crippen molar-refractivity contribution in [2.24, 2.45) is 0 Å². The van der Waals surface area contributed by atoms with Crippen molar-refractivity contribution in [3.8, 4) is 0 Å². The molecule has 1 saturated heterocycles. The van der Waals surface area contributed by atoms with E-state index in [2.05, 4.69) is 43.1 Å². The maximum Gasteiger partial charge on any atom is 0.321 e. The van der Waals surface area contributed by atoms with Crippen LogP contribution in [0, 0.1) is 20.8 Å². The van der Waals surface area contributed by atoms with Crippen molar-refractivity contribution < 1.29 is 4.79 Å². The number of carbonyl (C=O) groups excluding carboxylic acids is 1. The van der Waals surface area contributed by atoms with Crippen LogP contribution in [-0.2, 0) is 0 Å². The number of aryl methyl sites for hydroxylation is 3. The predicted molar refractivity (Wildman–Crippen MR) is 99.7 cm³/mol. The van der Waals surface area contributed by atoms with Crippen LogP contribution in [0.2, 0.25) is 0 Å². The van der Waals surface area contributed by atoms with Crippen molar-refractivity contribution in [2.75, 3.05) is 31.5 Å². The zero-order valence-corrected chi connectivity index (χ0v) is 15.4. The van der Waals surface area contributed by atoms with Crippen LogP contribution in [-0.4, -0.2) is 48.1 Å². The van der Waals surface area contributed by atoms with Gasteiger partial charge in [-0.05, 0) is 44.7 Å². The third-order valence-electron chi connectivity index (χ3n) is 5.60. The van der Waals surface area contributed by atoms with Crippen molar-refractivity contribution in [2.45, 2.75) is 58.9 Å². The molecule has 132 valence electrons. The summed E-state index contributed by atoms with van der Waals surface area (Å²) in [6, 6.07) is 5.06. The van der Waals surface area contributed by atoms with Crippen LogP contribution in [0.4, 0.5) is 10.5 Å². The van der Waals surface area contributed by atoms with Gasteiger partial charge in [-0.25, -0.2) is 4.79 Å². The normalized spacial score (nSPS) is 20.2. The first-order chi connectivity index (χ1) is 11.5. The van der Waals surface area contributed by atoms with E-state index in [1.807, 2.05) is 4.90 Å². The first-order valence-electron chi connectivity index (χ1n) is 9.42. The predicted octanol–water partition coefficient (Wildman–Crippen LogP) is 4.09. The van der Waals surface area contributed by atoms with E-state index < -0.39 is 0 Å². The fraction of sp³-hybridized carbons (Fsp3) is 0.650. The van der Waals surface area contributed by atoms with Crippen molar-refractivity contribution in [3.63, 3.8) is 0 Å². The number of anilines is 1. The molecular weight excluding hydrogens is 298 g/mol. The number of nitrogens with one attached hydrogen (secondary N) is 1. The maximum atomic E-state index is 12.6. The molecule has 4 nitrogen and oxygen atoms in total. The molecule has 1 N–H and O–H groups in total. The van der Waals surface area contributed by atoms with Gasteiger partial charge in [0.2, 0.25) is 0 Å². The number of urea groups is 1. The van der Waals surface area contributed by atoms with Crippen LogP contribution in [0.5, 0.6) is 0 Å². The minimum Gasteiger partial charge on any atom is -0.322 e. The summed E-state index contributed by atoms with van der Waals surface area (Å²) in [5.74, 6) is 0. The molecule has 1 aliphatic carbocycles.